The highest BCUT2D eigenvalue weighted by Gasteiger charge is 2.37. The largest absolute Gasteiger partial charge is 0.493 e. The minimum absolute atomic E-state index is 0.0191. The molecule has 0 fully saturated rings. The summed E-state index contributed by atoms with van der Waals surface area (Å²) in [5.41, 5.74) is 4.48. The molecule has 3 atom stereocenters. The maximum absolute atomic E-state index is 12.3. The molecule has 6 rings (SSSR count). The van der Waals surface area contributed by atoms with Gasteiger partial charge in [0, 0.05) is 68.7 Å². The Morgan fingerprint density at radius 2 is 1.12 bits per heavy atom. The van der Waals surface area contributed by atoms with E-state index in [1.54, 1.807) is 36.4 Å². The van der Waals surface area contributed by atoms with Crippen molar-refractivity contribution in [1.82, 2.24) is 0 Å². The summed E-state index contributed by atoms with van der Waals surface area (Å²) in [7, 11) is 0. The summed E-state index contributed by atoms with van der Waals surface area (Å²) in [6.07, 6.45) is 0.680. The number of ether oxygens (including phenoxy) is 6. The zero-order valence-electron chi connectivity index (χ0n) is 26.9. The highest BCUT2D eigenvalue weighted by atomic mass is 16.5. The Hall–Kier alpha value is -5.64. The van der Waals surface area contributed by atoms with E-state index in [4.69, 9.17) is 28.4 Å². The van der Waals surface area contributed by atoms with E-state index in [0.717, 1.165) is 27.8 Å². The van der Waals surface area contributed by atoms with Crippen LogP contribution in [0.2, 0.25) is 0 Å². The van der Waals surface area contributed by atoms with Crippen molar-refractivity contribution >= 4 is 23.9 Å². The van der Waals surface area contributed by atoms with E-state index in [9.17, 15) is 19.2 Å². The van der Waals surface area contributed by atoms with Gasteiger partial charge >= 0.3 is 23.9 Å². The Bertz CT molecular complexity index is 1890. The number of carbonyl (C=O) groups excluding carboxylic acids is 4. The van der Waals surface area contributed by atoms with Crippen molar-refractivity contribution in [3.63, 3.8) is 0 Å². The van der Waals surface area contributed by atoms with Gasteiger partial charge in [0.2, 0.25) is 0 Å². The van der Waals surface area contributed by atoms with Crippen LogP contribution < -0.4 is 28.4 Å². The highest BCUT2D eigenvalue weighted by molar-refractivity contribution is 5.72. The first-order chi connectivity index (χ1) is 23.0. The Kier molecular flexibility index (Phi) is 9.16. The van der Waals surface area contributed by atoms with Crippen LogP contribution in [0.15, 0.2) is 78.9 Å². The predicted octanol–water partition coefficient (Wildman–Crippen LogP) is 6.41. The summed E-state index contributed by atoms with van der Waals surface area (Å²) in [4.78, 5) is 47.0. The molecule has 4 aromatic carbocycles. The molecule has 0 bridgehead atoms. The zero-order chi connectivity index (χ0) is 33.9. The summed E-state index contributed by atoms with van der Waals surface area (Å²) >= 11 is 0. The van der Waals surface area contributed by atoms with E-state index in [-0.39, 0.29) is 24.4 Å². The molecular formula is C38H34O10. The predicted molar refractivity (Wildman–Crippen MR) is 173 cm³/mol. The van der Waals surface area contributed by atoms with Gasteiger partial charge in [-0.05, 0) is 53.4 Å². The molecule has 0 saturated carbocycles. The van der Waals surface area contributed by atoms with Crippen LogP contribution in [0, 0.1) is 0 Å². The van der Waals surface area contributed by atoms with Crippen LogP contribution in [0.3, 0.4) is 0 Å². The number of benzene rings is 4. The average Bonchev–Trinajstić information content (AvgIpc) is 3.03. The van der Waals surface area contributed by atoms with Crippen LogP contribution >= 0.6 is 0 Å². The smallest absolute Gasteiger partial charge is 0.308 e. The fourth-order valence-electron chi connectivity index (χ4n) is 6.35. The molecule has 2 aliphatic rings. The summed E-state index contributed by atoms with van der Waals surface area (Å²) < 4.78 is 34.0. The number of hydrogen-bond acceptors (Lipinski definition) is 10. The fourth-order valence-corrected chi connectivity index (χ4v) is 6.35. The maximum Gasteiger partial charge on any atom is 0.308 e. The first kappa shape index (κ1) is 32.3. The van der Waals surface area contributed by atoms with Gasteiger partial charge in [0.05, 0.1) is 13.2 Å². The van der Waals surface area contributed by atoms with E-state index in [0.29, 0.717) is 47.5 Å². The lowest BCUT2D eigenvalue weighted by Crippen LogP contribution is -2.26. The minimum Gasteiger partial charge on any atom is -0.493 e. The molecule has 0 N–H and O–H groups in total. The average molecular weight is 651 g/mol. The van der Waals surface area contributed by atoms with E-state index in [1.165, 1.54) is 27.7 Å². The first-order valence-corrected chi connectivity index (χ1v) is 15.5. The second-order valence-electron chi connectivity index (χ2n) is 11.8. The fraction of sp³-hybridized carbons (Fsp3) is 0.263. The lowest BCUT2D eigenvalue weighted by atomic mass is 9.74. The van der Waals surface area contributed by atoms with E-state index < -0.39 is 23.9 Å². The molecule has 246 valence electrons. The van der Waals surface area contributed by atoms with Crippen molar-refractivity contribution in [2.75, 3.05) is 13.2 Å². The van der Waals surface area contributed by atoms with Gasteiger partial charge in [-0.15, -0.1) is 0 Å². The van der Waals surface area contributed by atoms with E-state index in [2.05, 4.69) is 6.07 Å². The molecule has 0 amide bonds. The van der Waals surface area contributed by atoms with Crippen LogP contribution in [-0.4, -0.2) is 37.1 Å². The van der Waals surface area contributed by atoms with Crippen molar-refractivity contribution < 1.29 is 47.6 Å². The molecule has 48 heavy (non-hydrogen) atoms. The minimum atomic E-state index is -0.456. The van der Waals surface area contributed by atoms with Crippen LogP contribution in [0.5, 0.6) is 34.5 Å². The van der Waals surface area contributed by atoms with Crippen LogP contribution in [0.1, 0.15) is 73.3 Å². The molecule has 2 heterocycles. The number of carbonyl (C=O) groups is 4. The molecule has 10 nitrogen and oxygen atoms in total. The molecule has 4 aromatic rings. The first-order valence-electron chi connectivity index (χ1n) is 15.5. The molecular weight excluding hydrogens is 616 g/mol. The summed E-state index contributed by atoms with van der Waals surface area (Å²) in [5.74, 6) is 0.499. The molecule has 0 radical (unpaired) electrons. The van der Waals surface area contributed by atoms with Gasteiger partial charge < -0.3 is 28.4 Å². The maximum atomic E-state index is 12.3. The lowest BCUT2D eigenvalue weighted by Gasteiger charge is -2.36. The van der Waals surface area contributed by atoms with Gasteiger partial charge in [0.25, 0.3) is 0 Å². The molecule has 0 aromatic heterocycles. The van der Waals surface area contributed by atoms with Crippen LogP contribution in [0.4, 0.5) is 0 Å². The van der Waals surface area contributed by atoms with Gasteiger partial charge in [0.1, 0.15) is 34.5 Å². The SMILES string of the molecule is CC(=O)Oc1ccc(C2COc3cc(OC(C)=O)ccc3C2c2cc(C3COc4cc(OC(C)=O)ccc4C3)ccc2OC(C)=O)cc1. The molecule has 0 saturated heterocycles. The molecule has 3 unspecified atom stereocenters. The number of esters is 4. The van der Waals surface area contributed by atoms with Gasteiger partial charge in [0.15, 0.2) is 0 Å². The highest BCUT2D eigenvalue weighted by Crippen LogP contribution is 2.50. The normalized spacial score (nSPS) is 17.8. The van der Waals surface area contributed by atoms with Crippen molar-refractivity contribution in [3.8, 4) is 34.5 Å². The van der Waals surface area contributed by atoms with Crippen molar-refractivity contribution in [2.45, 2.75) is 51.9 Å². The van der Waals surface area contributed by atoms with E-state index >= 15 is 0 Å². The molecule has 0 aliphatic carbocycles. The summed E-state index contributed by atoms with van der Waals surface area (Å²) in [6.45, 7) is 6.05. The van der Waals surface area contributed by atoms with Gasteiger partial charge in [-0.2, -0.15) is 0 Å². The lowest BCUT2D eigenvalue weighted by molar-refractivity contribution is -0.132. The van der Waals surface area contributed by atoms with Crippen LogP contribution in [-0.2, 0) is 25.6 Å². The Labute approximate surface area is 277 Å². The Morgan fingerprint density at radius 1 is 0.562 bits per heavy atom. The Morgan fingerprint density at radius 3 is 1.79 bits per heavy atom. The molecule has 2 aliphatic heterocycles. The van der Waals surface area contributed by atoms with Crippen molar-refractivity contribution in [3.05, 3.63) is 107 Å². The van der Waals surface area contributed by atoms with Crippen molar-refractivity contribution in [1.29, 1.82) is 0 Å². The van der Waals surface area contributed by atoms with Gasteiger partial charge in [-0.3, -0.25) is 19.2 Å². The second kappa shape index (κ2) is 13.6. The van der Waals surface area contributed by atoms with Crippen LogP contribution in [0.25, 0.3) is 0 Å². The monoisotopic (exact) mass is 650 g/mol. The molecule has 0 spiro atoms. The number of fused-ring (bicyclic) bond motifs is 2. The zero-order valence-corrected chi connectivity index (χ0v) is 26.9. The third-order valence-corrected chi connectivity index (χ3v) is 8.27. The summed E-state index contributed by atoms with van der Waals surface area (Å²) in [5, 5.41) is 0. The van der Waals surface area contributed by atoms with E-state index in [1.807, 2.05) is 36.4 Å². The molecule has 10 heteroatoms. The standard InChI is InChI=1S/C38H34O10/c1-21(39)45-29-9-5-25(6-10-29)34-20-44-37-18-31(47-23(3)41)12-13-32(37)38(34)33-16-26(8-14-35(33)48-24(4)42)28-15-27-7-11-30(46-22(2)40)17-36(27)43-19-28/h5-14,16-18,28,34,38H,15,19-20H2,1-4H3. The number of hydrogen-bond donors (Lipinski definition) is 0. The Balaban J connectivity index is 1.42. The summed E-state index contributed by atoms with van der Waals surface area (Å²) in [6, 6.07) is 23.7. The third kappa shape index (κ3) is 7.17. The third-order valence-electron chi connectivity index (χ3n) is 8.27. The second-order valence-corrected chi connectivity index (χ2v) is 11.8. The van der Waals surface area contributed by atoms with Crippen molar-refractivity contribution in [2.24, 2.45) is 0 Å². The number of rotatable bonds is 7. The van der Waals surface area contributed by atoms with Gasteiger partial charge in [-0.1, -0.05) is 36.4 Å². The topological polar surface area (TPSA) is 124 Å². The van der Waals surface area contributed by atoms with Gasteiger partial charge in [-0.25, -0.2) is 0 Å². The quantitative estimate of drug-likeness (QED) is 0.164.